The van der Waals surface area contributed by atoms with Crippen LogP contribution >= 0.6 is 0 Å². The van der Waals surface area contributed by atoms with Crippen LogP contribution in [0.2, 0.25) is 0 Å². The first-order chi connectivity index (χ1) is 7.72. The molecule has 1 amide bonds. The van der Waals surface area contributed by atoms with Gasteiger partial charge in [-0.15, -0.1) is 0 Å². The number of benzene rings is 1. The van der Waals surface area contributed by atoms with Crippen LogP contribution in [-0.2, 0) is 4.79 Å². The molecule has 1 heterocycles. The summed E-state index contributed by atoms with van der Waals surface area (Å²) < 4.78 is 0. The minimum absolute atomic E-state index is 0.0437. The second-order valence-corrected chi connectivity index (χ2v) is 3.88. The van der Waals surface area contributed by atoms with Crippen molar-refractivity contribution in [3.63, 3.8) is 0 Å². The predicted octanol–water partition coefficient (Wildman–Crippen LogP) is 2.88. The lowest BCUT2D eigenvalue weighted by atomic mass is 10.1. The van der Waals surface area contributed by atoms with E-state index in [1.807, 2.05) is 50.3 Å². The standard InChI is InChI=1S/C14H15NO/c1-3-12-10(2)13(15-14(12)16)9-11-7-5-4-6-8-11/h4-9H,3H2,1-2H3,(H,15,16). The zero-order valence-electron chi connectivity index (χ0n) is 9.58. The predicted molar refractivity (Wildman–Crippen MR) is 65.6 cm³/mol. The largest absolute Gasteiger partial charge is 0.322 e. The van der Waals surface area contributed by atoms with Crippen LogP contribution in [0.4, 0.5) is 0 Å². The molecule has 2 rings (SSSR count). The highest BCUT2D eigenvalue weighted by molar-refractivity contribution is 6.01. The highest BCUT2D eigenvalue weighted by Gasteiger charge is 2.21. The summed E-state index contributed by atoms with van der Waals surface area (Å²) in [4.78, 5) is 11.6. The Bertz CT molecular complexity index is 469. The Morgan fingerprint density at radius 1 is 1.25 bits per heavy atom. The van der Waals surface area contributed by atoms with Crippen LogP contribution in [0.1, 0.15) is 25.8 Å². The van der Waals surface area contributed by atoms with Gasteiger partial charge < -0.3 is 5.32 Å². The number of rotatable bonds is 2. The lowest BCUT2D eigenvalue weighted by Crippen LogP contribution is -2.15. The summed E-state index contributed by atoms with van der Waals surface area (Å²) in [7, 11) is 0. The van der Waals surface area contributed by atoms with Gasteiger partial charge in [0.2, 0.25) is 0 Å². The Labute approximate surface area is 95.7 Å². The first-order valence-electron chi connectivity index (χ1n) is 5.50. The molecule has 0 aromatic heterocycles. The van der Waals surface area contributed by atoms with Crippen molar-refractivity contribution >= 4 is 12.0 Å². The Hall–Kier alpha value is -1.83. The van der Waals surface area contributed by atoms with Crippen LogP contribution in [0, 0.1) is 0 Å². The molecule has 0 spiro atoms. The van der Waals surface area contributed by atoms with Gasteiger partial charge in [-0.3, -0.25) is 4.79 Å². The Morgan fingerprint density at radius 2 is 1.94 bits per heavy atom. The van der Waals surface area contributed by atoms with Gasteiger partial charge in [0.1, 0.15) is 0 Å². The number of carbonyl (C=O) groups excluding carboxylic acids is 1. The minimum Gasteiger partial charge on any atom is -0.322 e. The number of amides is 1. The molecule has 0 unspecified atom stereocenters. The van der Waals surface area contributed by atoms with Crippen molar-refractivity contribution in [2.75, 3.05) is 0 Å². The van der Waals surface area contributed by atoms with E-state index in [4.69, 9.17) is 0 Å². The molecule has 2 heteroatoms. The molecular weight excluding hydrogens is 198 g/mol. The molecule has 1 aromatic carbocycles. The summed E-state index contributed by atoms with van der Waals surface area (Å²) >= 11 is 0. The fourth-order valence-corrected chi connectivity index (χ4v) is 1.91. The van der Waals surface area contributed by atoms with Gasteiger partial charge in [0, 0.05) is 11.3 Å². The second kappa shape index (κ2) is 4.35. The molecule has 0 fully saturated rings. The minimum atomic E-state index is 0.0437. The van der Waals surface area contributed by atoms with Crippen molar-refractivity contribution in [2.24, 2.45) is 0 Å². The molecule has 1 aliphatic rings. The number of hydrogen-bond acceptors (Lipinski definition) is 1. The summed E-state index contributed by atoms with van der Waals surface area (Å²) in [5.74, 6) is 0.0437. The van der Waals surface area contributed by atoms with E-state index in [0.717, 1.165) is 28.8 Å². The van der Waals surface area contributed by atoms with E-state index < -0.39 is 0 Å². The molecule has 82 valence electrons. The number of allylic oxidation sites excluding steroid dienone is 1. The fraction of sp³-hybridized carbons (Fsp3) is 0.214. The number of nitrogens with one attached hydrogen (secondary N) is 1. The van der Waals surface area contributed by atoms with E-state index in [1.165, 1.54) is 0 Å². The molecule has 0 atom stereocenters. The van der Waals surface area contributed by atoms with Gasteiger partial charge in [-0.1, -0.05) is 37.3 Å². The number of hydrogen-bond donors (Lipinski definition) is 1. The lowest BCUT2D eigenvalue weighted by molar-refractivity contribution is -0.116. The van der Waals surface area contributed by atoms with Crippen molar-refractivity contribution in [1.29, 1.82) is 0 Å². The van der Waals surface area contributed by atoms with Crippen LogP contribution in [-0.4, -0.2) is 5.91 Å². The summed E-state index contributed by atoms with van der Waals surface area (Å²) in [6.45, 7) is 4.00. The smallest absolute Gasteiger partial charge is 0.251 e. The molecule has 16 heavy (non-hydrogen) atoms. The molecule has 0 saturated heterocycles. The Kier molecular flexibility index (Phi) is 2.91. The summed E-state index contributed by atoms with van der Waals surface area (Å²) in [5, 5.41) is 2.90. The summed E-state index contributed by atoms with van der Waals surface area (Å²) in [5.41, 5.74) is 3.99. The fourth-order valence-electron chi connectivity index (χ4n) is 1.91. The normalized spacial score (nSPS) is 18.1. The zero-order chi connectivity index (χ0) is 11.5. The molecular formula is C14H15NO. The highest BCUT2D eigenvalue weighted by Crippen LogP contribution is 2.23. The third-order valence-electron chi connectivity index (χ3n) is 2.84. The average molecular weight is 213 g/mol. The van der Waals surface area contributed by atoms with Gasteiger partial charge in [0.25, 0.3) is 5.91 Å². The first kappa shape index (κ1) is 10.7. The molecule has 1 aliphatic heterocycles. The quantitative estimate of drug-likeness (QED) is 0.804. The number of carbonyl (C=O) groups is 1. The van der Waals surface area contributed by atoms with Gasteiger partial charge in [-0.2, -0.15) is 0 Å². The second-order valence-electron chi connectivity index (χ2n) is 3.88. The topological polar surface area (TPSA) is 29.1 Å². The van der Waals surface area contributed by atoms with Crippen LogP contribution in [0.25, 0.3) is 6.08 Å². The Balaban J connectivity index is 2.35. The Morgan fingerprint density at radius 3 is 2.50 bits per heavy atom. The van der Waals surface area contributed by atoms with E-state index in [1.54, 1.807) is 0 Å². The van der Waals surface area contributed by atoms with Crippen molar-refractivity contribution in [1.82, 2.24) is 5.32 Å². The summed E-state index contributed by atoms with van der Waals surface area (Å²) in [6.07, 6.45) is 2.79. The van der Waals surface area contributed by atoms with Crippen molar-refractivity contribution < 1.29 is 4.79 Å². The van der Waals surface area contributed by atoms with Gasteiger partial charge in [-0.05, 0) is 30.6 Å². The molecule has 1 N–H and O–H groups in total. The maximum absolute atomic E-state index is 11.6. The molecule has 0 aliphatic carbocycles. The van der Waals surface area contributed by atoms with Crippen LogP contribution in [0.3, 0.4) is 0 Å². The van der Waals surface area contributed by atoms with Gasteiger partial charge >= 0.3 is 0 Å². The molecule has 1 aromatic rings. The van der Waals surface area contributed by atoms with Crippen molar-refractivity contribution in [2.45, 2.75) is 20.3 Å². The van der Waals surface area contributed by atoms with E-state index in [2.05, 4.69) is 5.32 Å². The molecule has 0 radical (unpaired) electrons. The highest BCUT2D eigenvalue weighted by atomic mass is 16.1. The van der Waals surface area contributed by atoms with Crippen LogP contribution in [0.5, 0.6) is 0 Å². The molecule has 2 nitrogen and oxygen atoms in total. The van der Waals surface area contributed by atoms with Crippen molar-refractivity contribution in [3.05, 3.63) is 52.7 Å². The third kappa shape index (κ3) is 1.91. The SMILES string of the molecule is CCC1=C(C)C(=Cc2ccccc2)NC1=O. The first-order valence-corrected chi connectivity index (χ1v) is 5.50. The van der Waals surface area contributed by atoms with Crippen LogP contribution in [0.15, 0.2) is 47.2 Å². The van der Waals surface area contributed by atoms with Gasteiger partial charge in [-0.25, -0.2) is 0 Å². The van der Waals surface area contributed by atoms with Crippen LogP contribution < -0.4 is 5.32 Å². The van der Waals surface area contributed by atoms with E-state index >= 15 is 0 Å². The zero-order valence-corrected chi connectivity index (χ0v) is 9.58. The van der Waals surface area contributed by atoms with Gasteiger partial charge in [0.15, 0.2) is 0 Å². The van der Waals surface area contributed by atoms with E-state index in [9.17, 15) is 4.79 Å². The van der Waals surface area contributed by atoms with E-state index in [0.29, 0.717) is 0 Å². The van der Waals surface area contributed by atoms with E-state index in [-0.39, 0.29) is 5.91 Å². The monoisotopic (exact) mass is 213 g/mol. The maximum atomic E-state index is 11.6. The lowest BCUT2D eigenvalue weighted by Gasteiger charge is -2.00. The van der Waals surface area contributed by atoms with Gasteiger partial charge in [0.05, 0.1) is 0 Å². The molecule has 0 saturated carbocycles. The third-order valence-corrected chi connectivity index (χ3v) is 2.84. The summed E-state index contributed by atoms with van der Waals surface area (Å²) in [6, 6.07) is 10.0. The maximum Gasteiger partial charge on any atom is 0.251 e. The van der Waals surface area contributed by atoms with Crippen molar-refractivity contribution in [3.8, 4) is 0 Å². The molecule has 0 bridgehead atoms. The average Bonchev–Trinajstić information content (AvgIpc) is 2.55.